The van der Waals surface area contributed by atoms with Crippen LogP contribution in [0.15, 0.2) is 194 Å². The topological polar surface area (TPSA) is 9.72 Å². The summed E-state index contributed by atoms with van der Waals surface area (Å²) in [5, 5.41) is 0. The highest BCUT2D eigenvalue weighted by molar-refractivity contribution is 7.00. The molecule has 3 nitrogen and oxygen atoms in total. The molecule has 13 rings (SSSR count). The maximum atomic E-state index is 2.83. The van der Waals surface area contributed by atoms with Crippen LogP contribution >= 0.6 is 0 Å². The van der Waals surface area contributed by atoms with Crippen molar-refractivity contribution in [1.82, 2.24) is 0 Å². The second-order valence-electron chi connectivity index (χ2n) is 29.0. The molecule has 4 heteroatoms. The SMILES string of the molecule is CC(C)(C)c1ccc2c(c1)B1c3ccc(C(C)(C)C)cc3N(c3ccc(C(C)(C)C)cc3-c3ccccc3)c3cc(N4c5ccc(-c6ccccc6)cc5C5(C)CCCCC45C)cc(c31)N2c1ccc(C(C)(C)C)cc1-c1ccccc1. The predicted octanol–water partition coefficient (Wildman–Crippen LogP) is 19.7. The number of benzene rings is 9. The van der Waals surface area contributed by atoms with Gasteiger partial charge in [0, 0.05) is 50.7 Å². The Kier molecular flexibility index (Phi) is 12.4. The molecule has 0 N–H and O–H groups in total. The van der Waals surface area contributed by atoms with Gasteiger partial charge >= 0.3 is 0 Å². The van der Waals surface area contributed by atoms with E-state index in [-0.39, 0.29) is 39.3 Å². The van der Waals surface area contributed by atoms with E-state index in [4.69, 9.17) is 0 Å². The second-order valence-corrected chi connectivity index (χ2v) is 29.0. The maximum absolute atomic E-state index is 2.83. The molecule has 0 bridgehead atoms. The number of anilines is 8. The first-order valence-electron chi connectivity index (χ1n) is 30.4. The van der Waals surface area contributed by atoms with Crippen LogP contribution < -0.4 is 31.1 Å². The van der Waals surface area contributed by atoms with Crippen LogP contribution in [0.4, 0.5) is 45.5 Å². The van der Waals surface area contributed by atoms with Crippen molar-refractivity contribution >= 4 is 68.6 Å². The van der Waals surface area contributed by atoms with E-state index in [9.17, 15) is 0 Å². The minimum atomic E-state index is -0.216. The van der Waals surface area contributed by atoms with Crippen molar-refractivity contribution in [2.75, 3.05) is 14.7 Å². The monoisotopic (exact) mass is 1070 g/mol. The number of hydrogen-bond acceptors (Lipinski definition) is 3. The summed E-state index contributed by atoms with van der Waals surface area (Å²) in [7, 11) is 0. The van der Waals surface area contributed by atoms with Gasteiger partial charge in [0.25, 0.3) is 6.71 Å². The zero-order chi connectivity index (χ0) is 57.5. The van der Waals surface area contributed by atoms with Crippen LogP contribution in [0.25, 0.3) is 33.4 Å². The summed E-state index contributed by atoms with van der Waals surface area (Å²) < 4.78 is 0. The Hall–Kier alpha value is -7.56. The molecule has 4 aliphatic rings. The van der Waals surface area contributed by atoms with E-state index >= 15 is 0 Å². The van der Waals surface area contributed by atoms with E-state index in [1.807, 2.05) is 0 Å². The van der Waals surface area contributed by atoms with E-state index < -0.39 is 0 Å². The summed E-state index contributed by atoms with van der Waals surface area (Å²) in [5.41, 5.74) is 27.5. The molecule has 9 aromatic rings. The van der Waals surface area contributed by atoms with E-state index in [2.05, 4.69) is 306 Å². The van der Waals surface area contributed by atoms with Crippen molar-refractivity contribution in [2.24, 2.45) is 0 Å². The fraction of sp³-hybridized carbons (Fsp3) is 0.308. The fourth-order valence-electron chi connectivity index (χ4n) is 14.6. The number of fused-ring (bicyclic) bond motifs is 7. The van der Waals surface area contributed by atoms with Crippen molar-refractivity contribution in [3.05, 3.63) is 222 Å². The molecule has 0 aromatic heterocycles. The lowest BCUT2D eigenvalue weighted by atomic mass is 9.33. The maximum Gasteiger partial charge on any atom is 0.252 e. The first-order chi connectivity index (χ1) is 38.9. The molecule has 1 aliphatic carbocycles. The second kappa shape index (κ2) is 19.0. The van der Waals surface area contributed by atoms with Gasteiger partial charge in [-0.25, -0.2) is 0 Å². The lowest BCUT2D eigenvalue weighted by molar-refractivity contribution is 0.195. The molecule has 2 unspecified atom stereocenters. The third kappa shape index (κ3) is 8.59. The van der Waals surface area contributed by atoms with Gasteiger partial charge in [0.05, 0.1) is 16.9 Å². The van der Waals surface area contributed by atoms with E-state index in [0.717, 1.165) is 12.8 Å². The van der Waals surface area contributed by atoms with Gasteiger partial charge in [-0.2, -0.15) is 0 Å². The zero-order valence-electron chi connectivity index (χ0n) is 51.2. The normalized spacial score (nSPS) is 18.4. The van der Waals surface area contributed by atoms with E-state index in [1.165, 1.54) is 136 Å². The minimum Gasteiger partial charge on any atom is -0.334 e. The Morgan fingerprint density at radius 1 is 0.354 bits per heavy atom. The van der Waals surface area contributed by atoms with Gasteiger partial charge in [0.2, 0.25) is 0 Å². The van der Waals surface area contributed by atoms with Crippen LogP contribution in [0.2, 0.25) is 0 Å². The predicted molar refractivity (Wildman–Crippen MR) is 354 cm³/mol. The van der Waals surface area contributed by atoms with E-state index in [0.29, 0.717) is 0 Å². The largest absolute Gasteiger partial charge is 0.334 e. The molecule has 3 heterocycles. The lowest BCUT2D eigenvalue weighted by Crippen LogP contribution is -2.62. The van der Waals surface area contributed by atoms with Gasteiger partial charge in [-0.05, 0) is 169 Å². The summed E-state index contributed by atoms with van der Waals surface area (Å²) >= 11 is 0. The fourth-order valence-corrected chi connectivity index (χ4v) is 14.6. The highest BCUT2D eigenvalue weighted by Gasteiger charge is 2.58. The summed E-state index contributed by atoms with van der Waals surface area (Å²) in [5.74, 6) is 0. The molecule has 82 heavy (non-hydrogen) atoms. The summed E-state index contributed by atoms with van der Waals surface area (Å²) in [6.07, 6.45) is 4.63. The number of hydrogen-bond donors (Lipinski definition) is 0. The average molecular weight is 1070 g/mol. The molecular weight excluding hydrogens is 990 g/mol. The van der Waals surface area contributed by atoms with Crippen molar-refractivity contribution in [1.29, 1.82) is 0 Å². The third-order valence-corrected chi connectivity index (χ3v) is 19.6. The van der Waals surface area contributed by atoms with Gasteiger partial charge in [-0.15, -0.1) is 0 Å². The van der Waals surface area contributed by atoms with Crippen molar-refractivity contribution in [2.45, 2.75) is 155 Å². The molecule has 0 radical (unpaired) electrons. The van der Waals surface area contributed by atoms with Crippen LogP contribution in [-0.4, -0.2) is 12.3 Å². The van der Waals surface area contributed by atoms with Gasteiger partial charge in [0.1, 0.15) is 0 Å². The van der Waals surface area contributed by atoms with Crippen LogP contribution in [-0.2, 0) is 27.1 Å². The van der Waals surface area contributed by atoms with E-state index in [1.54, 1.807) is 0 Å². The molecule has 412 valence electrons. The molecule has 1 saturated carbocycles. The molecule has 9 aromatic carbocycles. The third-order valence-electron chi connectivity index (χ3n) is 19.6. The van der Waals surface area contributed by atoms with Crippen molar-refractivity contribution < 1.29 is 0 Å². The highest BCUT2D eigenvalue weighted by Crippen LogP contribution is 2.63. The average Bonchev–Trinajstić information content (AvgIpc) is 1.24. The Morgan fingerprint density at radius 3 is 1.32 bits per heavy atom. The first kappa shape index (κ1) is 53.7. The molecule has 0 spiro atoms. The van der Waals surface area contributed by atoms with Crippen LogP contribution in [0.1, 0.15) is 150 Å². The van der Waals surface area contributed by atoms with Gasteiger partial charge in [0.15, 0.2) is 0 Å². The van der Waals surface area contributed by atoms with Gasteiger partial charge in [-0.3, -0.25) is 0 Å². The van der Waals surface area contributed by atoms with Crippen LogP contribution in [0, 0.1) is 0 Å². The van der Waals surface area contributed by atoms with Crippen molar-refractivity contribution in [3.63, 3.8) is 0 Å². The Bertz CT molecular complexity index is 3960. The molecule has 2 atom stereocenters. The molecule has 0 amide bonds. The molecule has 0 saturated heterocycles. The van der Waals surface area contributed by atoms with Gasteiger partial charge in [-0.1, -0.05) is 236 Å². The Balaban J connectivity index is 1.20. The molecule has 3 aliphatic heterocycles. The quantitative estimate of drug-likeness (QED) is 0.154. The standard InChI is InChI=1S/C78H82BN3/c1-73(2,3)55-34-39-65(60(45-55)52-28-20-16-21-29-52)80-68-41-36-57(75(7,8)9)47-64(68)79-63-37-33-58(76(10,11)12)48-69(63)81(66-40-35-56(74(4,5)6)46-61(66)53-30-22-17-23-31-53)71-50-59(49-70(80)72(71)79)82-67-38-32-54(51-26-18-15-19-27-51)44-62(67)77(13)42-24-25-43-78(77,82)14/h15-23,26-41,44-50H,24-25,42-43H2,1-14H3. The zero-order valence-corrected chi connectivity index (χ0v) is 51.2. The van der Waals surface area contributed by atoms with Gasteiger partial charge < -0.3 is 14.7 Å². The van der Waals surface area contributed by atoms with Crippen molar-refractivity contribution in [3.8, 4) is 33.4 Å². The first-order valence-corrected chi connectivity index (χ1v) is 30.4. The smallest absolute Gasteiger partial charge is 0.252 e. The highest BCUT2D eigenvalue weighted by atomic mass is 15.3. The minimum absolute atomic E-state index is 0.0611. The summed E-state index contributed by atoms with van der Waals surface area (Å²) in [6, 6.07) is 75.7. The molecule has 1 fully saturated rings. The van der Waals surface area contributed by atoms with Crippen LogP contribution in [0.5, 0.6) is 0 Å². The summed E-state index contributed by atoms with van der Waals surface area (Å²) in [4.78, 5) is 8.24. The Labute approximate surface area is 491 Å². The lowest BCUT2D eigenvalue weighted by Gasteiger charge is -2.51. The Morgan fingerprint density at radius 2 is 0.793 bits per heavy atom. The summed E-state index contributed by atoms with van der Waals surface area (Å²) in [6.45, 7) is 33.4. The number of nitrogens with zero attached hydrogens (tertiary/aromatic N) is 3. The number of rotatable bonds is 6. The molecular formula is C78H82BN3. The van der Waals surface area contributed by atoms with Crippen LogP contribution in [0.3, 0.4) is 0 Å².